The van der Waals surface area contributed by atoms with E-state index in [0.717, 1.165) is 21.6 Å². The molecule has 0 saturated carbocycles. The van der Waals surface area contributed by atoms with E-state index >= 15 is 0 Å². The van der Waals surface area contributed by atoms with E-state index in [1.54, 1.807) is 19.1 Å². The van der Waals surface area contributed by atoms with Crippen LogP contribution in [0.2, 0.25) is 0 Å². The number of aromatic nitrogens is 1. The van der Waals surface area contributed by atoms with Gasteiger partial charge in [0.05, 0.1) is 0 Å². The lowest BCUT2D eigenvalue weighted by Crippen LogP contribution is -2.21. The van der Waals surface area contributed by atoms with Crippen molar-refractivity contribution in [3.8, 4) is 5.75 Å². The van der Waals surface area contributed by atoms with E-state index in [4.69, 9.17) is 14.0 Å². The van der Waals surface area contributed by atoms with Crippen molar-refractivity contribution >= 4 is 33.2 Å². The van der Waals surface area contributed by atoms with Crippen molar-refractivity contribution < 1.29 is 23.2 Å². The molecule has 0 aliphatic rings. The molecule has 0 aliphatic heterocycles. The SMILES string of the molecule is Cc1nocc1NC(=O)OCC(Oc1cccc2sc(F)cc12)c1ccccc1. The first kappa shape index (κ1) is 18.9. The van der Waals surface area contributed by atoms with Crippen molar-refractivity contribution in [2.75, 3.05) is 11.9 Å². The summed E-state index contributed by atoms with van der Waals surface area (Å²) in [5, 5.41) is 6.67. The molecule has 1 N–H and O–H groups in total. The lowest BCUT2D eigenvalue weighted by Gasteiger charge is -2.20. The lowest BCUT2D eigenvalue weighted by atomic mass is 10.1. The molecule has 4 aromatic rings. The minimum atomic E-state index is -0.652. The second-order valence-corrected chi connectivity index (χ2v) is 7.31. The molecular formula is C21H17FN2O4S. The van der Waals surface area contributed by atoms with Gasteiger partial charge in [-0.2, -0.15) is 4.39 Å². The maximum absolute atomic E-state index is 13.7. The number of thiophene rings is 1. The third kappa shape index (κ3) is 4.38. The van der Waals surface area contributed by atoms with Gasteiger partial charge in [-0.15, -0.1) is 11.3 Å². The zero-order valence-corrected chi connectivity index (χ0v) is 16.2. The Morgan fingerprint density at radius 1 is 1.24 bits per heavy atom. The van der Waals surface area contributed by atoms with Gasteiger partial charge >= 0.3 is 6.09 Å². The second kappa shape index (κ2) is 8.32. The highest BCUT2D eigenvalue weighted by molar-refractivity contribution is 7.17. The number of benzene rings is 2. The highest BCUT2D eigenvalue weighted by Gasteiger charge is 2.19. The van der Waals surface area contributed by atoms with Crippen LogP contribution in [0, 0.1) is 12.1 Å². The third-order valence-corrected chi connectivity index (χ3v) is 5.17. The van der Waals surface area contributed by atoms with Crippen LogP contribution in [0.5, 0.6) is 5.75 Å². The zero-order valence-electron chi connectivity index (χ0n) is 15.4. The molecule has 0 bridgehead atoms. The van der Waals surface area contributed by atoms with Gasteiger partial charge in [0.2, 0.25) is 0 Å². The van der Waals surface area contributed by atoms with Crippen LogP contribution >= 0.6 is 11.3 Å². The first-order valence-corrected chi connectivity index (χ1v) is 9.66. The Morgan fingerprint density at radius 3 is 2.83 bits per heavy atom. The van der Waals surface area contributed by atoms with Gasteiger partial charge in [-0.3, -0.25) is 5.32 Å². The van der Waals surface area contributed by atoms with Gasteiger partial charge in [0.25, 0.3) is 0 Å². The number of halogens is 1. The quantitative estimate of drug-likeness (QED) is 0.439. The van der Waals surface area contributed by atoms with Gasteiger partial charge in [0, 0.05) is 10.1 Å². The number of amides is 1. The summed E-state index contributed by atoms with van der Waals surface area (Å²) in [4.78, 5) is 12.2. The van der Waals surface area contributed by atoms with Crippen molar-refractivity contribution in [1.29, 1.82) is 0 Å². The van der Waals surface area contributed by atoms with E-state index in [9.17, 15) is 9.18 Å². The summed E-state index contributed by atoms with van der Waals surface area (Å²) >= 11 is 1.05. The summed E-state index contributed by atoms with van der Waals surface area (Å²) in [6.07, 6.45) is 0.104. The number of hydrogen-bond acceptors (Lipinski definition) is 6. The average Bonchev–Trinajstić information content (AvgIpc) is 3.30. The molecule has 2 aromatic heterocycles. The molecule has 2 aromatic carbocycles. The lowest BCUT2D eigenvalue weighted by molar-refractivity contribution is 0.0910. The Balaban J connectivity index is 1.52. The minimum Gasteiger partial charge on any atom is -0.481 e. The Morgan fingerprint density at radius 2 is 2.07 bits per heavy atom. The average molecular weight is 412 g/mol. The largest absolute Gasteiger partial charge is 0.481 e. The number of hydrogen-bond donors (Lipinski definition) is 1. The van der Waals surface area contributed by atoms with Crippen molar-refractivity contribution in [1.82, 2.24) is 5.16 Å². The summed E-state index contributed by atoms with van der Waals surface area (Å²) in [6.45, 7) is 1.67. The fraction of sp³-hybridized carbons (Fsp3) is 0.143. The molecule has 0 aliphatic carbocycles. The number of rotatable bonds is 6. The van der Waals surface area contributed by atoms with Crippen molar-refractivity contribution in [3.63, 3.8) is 0 Å². The maximum atomic E-state index is 13.7. The van der Waals surface area contributed by atoms with Gasteiger partial charge in [0.15, 0.2) is 11.2 Å². The van der Waals surface area contributed by atoms with Crippen LogP contribution in [-0.4, -0.2) is 17.9 Å². The number of aryl methyl sites for hydroxylation is 1. The summed E-state index contributed by atoms with van der Waals surface area (Å²) in [5.74, 6) is 0.524. The molecule has 2 heterocycles. The van der Waals surface area contributed by atoms with Crippen LogP contribution in [0.4, 0.5) is 14.9 Å². The normalized spacial score (nSPS) is 11.9. The fourth-order valence-electron chi connectivity index (χ4n) is 2.84. The second-order valence-electron chi connectivity index (χ2n) is 6.27. The van der Waals surface area contributed by atoms with Crippen LogP contribution in [0.3, 0.4) is 0 Å². The van der Waals surface area contributed by atoms with E-state index in [-0.39, 0.29) is 11.7 Å². The summed E-state index contributed by atoms with van der Waals surface area (Å²) < 4.78 is 30.8. The number of anilines is 1. The monoisotopic (exact) mass is 412 g/mol. The smallest absolute Gasteiger partial charge is 0.411 e. The highest BCUT2D eigenvalue weighted by Crippen LogP contribution is 2.34. The van der Waals surface area contributed by atoms with E-state index < -0.39 is 12.2 Å². The molecule has 0 saturated heterocycles. The number of carbonyl (C=O) groups is 1. The molecule has 148 valence electrons. The number of fused-ring (bicyclic) bond motifs is 1. The number of nitrogens with zero attached hydrogens (tertiary/aromatic N) is 1. The van der Waals surface area contributed by atoms with Crippen molar-refractivity contribution in [2.45, 2.75) is 13.0 Å². The van der Waals surface area contributed by atoms with Crippen LogP contribution < -0.4 is 10.1 Å². The van der Waals surface area contributed by atoms with Gasteiger partial charge in [-0.1, -0.05) is 41.6 Å². The highest BCUT2D eigenvalue weighted by atomic mass is 32.1. The topological polar surface area (TPSA) is 73.6 Å². The molecule has 0 fully saturated rings. The molecule has 4 rings (SSSR count). The van der Waals surface area contributed by atoms with Crippen LogP contribution in [0.1, 0.15) is 17.4 Å². The maximum Gasteiger partial charge on any atom is 0.411 e. The van der Waals surface area contributed by atoms with Gasteiger partial charge < -0.3 is 14.0 Å². The van der Waals surface area contributed by atoms with E-state index in [2.05, 4.69) is 10.5 Å². The van der Waals surface area contributed by atoms with E-state index in [0.29, 0.717) is 22.5 Å². The van der Waals surface area contributed by atoms with Gasteiger partial charge in [-0.05, 0) is 30.7 Å². The third-order valence-electron chi connectivity index (χ3n) is 4.28. The molecule has 29 heavy (non-hydrogen) atoms. The molecule has 8 heteroatoms. The Labute approximate surface area is 169 Å². The molecule has 0 radical (unpaired) electrons. The number of nitrogens with one attached hydrogen (secondary N) is 1. The van der Waals surface area contributed by atoms with Gasteiger partial charge in [0.1, 0.15) is 30.0 Å². The molecule has 0 spiro atoms. The van der Waals surface area contributed by atoms with Crippen LogP contribution in [-0.2, 0) is 4.74 Å². The van der Waals surface area contributed by atoms with Crippen molar-refractivity contribution in [2.24, 2.45) is 0 Å². The summed E-state index contributed by atoms with van der Waals surface area (Å²) in [6, 6.07) is 16.2. The van der Waals surface area contributed by atoms with E-state index in [1.165, 1.54) is 12.3 Å². The molecule has 1 atom stereocenters. The Kier molecular flexibility index (Phi) is 5.44. The summed E-state index contributed by atoms with van der Waals surface area (Å²) in [7, 11) is 0. The zero-order chi connectivity index (χ0) is 20.2. The molecular weight excluding hydrogens is 395 g/mol. The standard InChI is InChI=1S/C21H17FN2O4S/c1-13-16(11-27-24-13)23-21(25)26-12-18(14-6-3-2-4-7-14)28-17-8-5-9-19-15(17)10-20(22)29-19/h2-11,18H,12H2,1H3,(H,23,25). The van der Waals surface area contributed by atoms with Crippen molar-refractivity contribution in [3.05, 3.63) is 77.2 Å². The molecule has 1 amide bonds. The predicted molar refractivity (Wildman–Crippen MR) is 108 cm³/mol. The number of ether oxygens (including phenoxy) is 2. The van der Waals surface area contributed by atoms with Crippen LogP contribution in [0.25, 0.3) is 10.1 Å². The van der Waals surface area contributed by atoms with E-state index in [1.807, 2.05) is 36.4 Å². The molecule has 6 nitrogen and oxygen atoms in total. The van der Waals surface area contributed by atoms with Crippen LogP contribution in [0.15, 0.2) is 65.4 Å². The fourth-order valence-corrected chi connectivity index (χ4v) is 3.64. The Hall–Kier alpha value is -3.39. The first-order chi connectivity index (χ1) is 14.1. The first-order valence-electron chi connectivity index (χ1n) is 8.84. The number of carbonyl (C=O) groups excluding carboxylic acids is 1. The molecule has 1 unspecified atom stereocenters. The predicted octanol–water partition coefficient (Wildman–Crippen LogP) is 5.71. The summed E-state index contributed by atoms with van der Waals surface area (Å²) in [5.41, 5.74) is 1.81. The van der Waals surface area contributed by atoms with Gasteiger partial charge in [-0.25, -0.2) is 4.79 Å². The minimum absolute atomic E-state index is 0.0385. The Bertz CT molecular complexity index is 1130.